The van der Waals surface area contributed by atoms with Crippen molar-refractivity contribution in [3.8, 4) is 0 Å². The van der Waals surface area contributed by atoms with Crippen LogP contribution in [0.3, 0.4) is 0 Å². The smallest absolute Gasteiger partial charge is 0.367 e. The summed E-state index contributed by atoms with van der Waals surface area (Å²) in [7, 11) is 0. The Balaban J connectivity index is 1.37. The van der Waals surface area contributed by atoms with Gasteiger partial charge in [-0.3, -0.25) is 19.3 Å². The second-order valence-corrected chi connectivity index (χ2v) is 7.79. The van der Waals surface area contributed by atoms with Gasteiger partial charge in [-0.25, -0.2) is 0 Å². The van der Waals surface area contributed by atoms with Crippen LogP contribution in [-0.2, 0) is 16.1 Å². The molecule has 3 aromatic carbocycles. The first-order valence-corrected chi connectivity index (χ1v) is 10.6. The molecule has 180 valence electrons. The summed E-state index contributed by atoms with van der Waals surface area (Å²) in [5.41, 5.74) is 2.75. The first-order valence-electron chi connectivity index (χ1n) is 10.6. The normalized spacial score (nSPS) is 13.1. The third kappa shape index (κ3) is 6.04. The minimum atomic E-state index is -4.40. The third-order valence-electron chi connectivity index (χ3n) is 5.16. The summed E-state index contributed by atoms with van der Waals surface area (Å²) < 4.78 is 41.1. The van der Waals surface area contributed by atoms with Crippen molar-refractivity contribution in [2.24, 2.45) is 0 Å². The van der Waals surface area contributed by atoms with Crippen molar-refractivity contribution in [2.75, 3.05) is 28.7 Å². The van der Waals surface area contributed by atoms with Crippen LogP contribution in [0.2, 0.25) is 0 Å². The van der Waals surface area contributed by atoms with Crippen LogP contribution in [0.4, 0.5) is 30.2 Å². The minimum absolute atomic E-state index is 0.106. The Kier molecular flexibility index (Phi) is 6.83. The number of hydrogen-bond donors (Lipinski definition) is 2. The van der Waals surface area contributed by atoms with Crippen molar-refractivity contribution in [3.05, 3.63) is 89.5 Å². The molecule has 0 spiro atoms. The highest BCUT2D eigenvalue weighted by Gasteiger charge is 2.28. The van der Waals surface area contributed by atoms with E-state index in [1.165, 1.54) is 29.2 Å². The van der Waals surface area contributed by atoms with E-state index < -0.39 is 18.7 Å². The number of amides is 3. The van der Waals surface area contributed by atoms with E-state index in [0.717, 1.165) is 0 Å². The molecule has 0 atom stereocenters. The number of halogens is 3. The first kappa shape index (κ1) is 24.0. The van der Waals surface area contributed by atoms with E-state index >= 15 is 0 Å². The molecule has 0 fully saturated rings. The number of hydrogen-bond acceptors (Lipinski definition) is 4. The SMILES string of the molecule is O=C1CN(C(=O)c2ccc(NC(=O)c3ccc(COCC(F)(F)F)cc3)cc2)c2ccccc2N1. The van der Waals surface area contributed by atoms with Crippen LogP contribution in [0.1, 0.15) is 26.3 Å². The predicted octanol–water partition coefficient (Wildman–Crippen LogP) is 4.62. The van der Waals surface area contributed by atoms with Crippen LogP contribution >= 0.6 is 0 Å². The van der Waals surface area contributed by atoms with Crippen LogP contribution in [0.5, 0.6) is 0 Å². The number of carbonyl (C=O) groups excluding carboxylic acids is 3. The lowest BCUT2D eigenvalue weighted by atomic mass is 10.1. The average molecular weight is 483 g/mol. The lowest BCUT2D eigenvalue weighted by Gasteiger charge is -2.29. The summed E-state index contributed by atoms with van der Waals surface area (Å²) in [5, 5.41) is 5.43. The second kappa shape index (κ2) is 9.98. The molecule has 0 bridgehead atoms. The van der Waals surface area contributed by atoms with Gasteiger partial charge in [-0.05, 0) is 54.1 Å². The Morgan fingerprint density at radius 2 is 1.60 bits per heavy atom. The molecule has 0 unspecified atom stereocenters. The van der Waals surface area contributed by atoms with Gasteiger partial charge in [0.25, 0.3) is 11.8 Å². The number of alkyl halides is 3. The van der Waals surface area contributed by atoms with Crippen LogP contribution < -0.4 is 15.5 Å². The molecule has 3 amide bonds. The lowest BCUT2D eigenvalue weighted by Crippen LogP contribution is -2.42. The molecule has 1 aliphatic rings. The molecule has 0 aliphatic carbocycles. The molecular formula is C25H20F3N3O4. The summed E-state index contributed by atoms with van der Waals surface area (Å²) >= 11 is 0. The molecule has 0 aromatic heterocycles. The molecular weight excluding hydrogens is 463 g/mol. The van der Waals surface area contributed by atoms with Crippen molar-refractivity contribution in [3.63, 3.8) is 0 Å². The summed E-state index contributed by atoms with van der Waals surface area (Å²) in [5.74, 6) is -1.07. The van der Waals surface area contributed by atoms with Crippen molar-refractivity contribution in [2.45, 2.75) is 12.8 Å². The molecule has 4 rings (SSSR count). The molecule has 1 aliphatic heterocycles. The fraction of sp³-hybridized carbons (Fsp3) is 0.160. The molecule has 0 saturated heterocycles. The number of rotatable bonds is 6. The number of fused-ring (bicyclic) bond motifs is 1. The van der Waals surface area contributed by atoms with E-state index in [0.29, 0.717) is 33.8 Å². The number of nitrogens with one attached hydrogen (secondary N) is 2. The fourth-order valence-corrected chi connectivity index (χ4v) is 3.51. The largest absolute Gasteiger partial charge is 0.411 e. The van der Waals surface area contributed by atoms with Gasteiger partial charge in [-0.15, -0.1) is 0 Å². The molecule has 0 saturated carbocycles. The van der Waals surface area contributed by atoms with Crippen LogP contribution in [0.25, 0.3) is 0 Å². The fourth-order valence-electron chi connectivity index (χ4n) is 3.51. The standard InChI is InChI=1S/C25H20F3N3O4/c26-25(27,28)15-35-14-16-5-7-17(8-6-16)23(33)29-19-11-9-18(10-12-19)24(34)31-13-22(32)30-20-3-1-2-4-21(20)31/h1-12H,13-15H2,(H,29,33)(H,30,32). The Labute approximate surface area is 198 Å². The lowest BCUT2D eigenvalue weighted by molar-refractivity contribution is -0.176. The second-order valence-electron chi connectivity index (χ2n) is 7.79. The Bertz CT molecular complexity index is 1240. The van der Waals surface area contributed by atoms with E-state index in [2.05, 4.69) is 15.4 Å². The quantitative estimate of drug-likeness (QED) is 0.536. The number of anilines is 3. The summed E-state index contributed by atoms with van der Waals surface area (Å²) in [4.78, 5) is 38.9. The zero-order valence-electron chi connectivity index (χ0n) is 18.3. The number of nitrogens with zero attached hydrogens (tertiary/aromatic N) is 1. The van der Waals surface area contributed by atoms with Crippen molar-refractivity contribution >= 4 is 34.8 Å². The van der Waals surface area contributed by atoms with E-state index in [1.54, 1.807) is 48.5 Å². The number of carbonyl (C=O) groups is 3. The molecule has 3 aromatic rings. The van der Waals surface area contributed by atoms with Gasteiger partial charge in [0, 0.05) is 16.8 Å². The molecule has 35 heavy (non-hydrogen) atoms. The number of para-hydroxylation sites is 2. The molecule has 1 heterocycles. The maximum atomic E-state index is 13.0. The Morgan fingerprint density at radius 3 is 2.29 bits per heavy atom. The van der Waals surface area contributed by atoms with Crippen LogP contribution in [0.15, 0.2) is 72.8 Å². The summed E-state index contributed by atoms with van der Waals surface area (Å²) in [6, 6.07) is 19.2. The topological polar surface area (TPSA) is 87.7 Å². The molecule has 10 heteroatoms. The van der Waals surface area contributed by atoms with E-state index in [4.69, 9.17) is 0 Å². The molecule has 0 radical (unpaired) electrons. The Morgan fingerprint density at radius 1 is 0.943 bits per heavy atom. The highest BCUT2D eigenvalue weighted by Crippen LogP contribution is 2.30. The average Bonchev–Trinajstić information content (AvgIpc) is 2.83. The van der Waals surface area contributed by atoms with Gasteiger partial charge in [0.1, 0.15) is 13.2 Å². The third-order valence-corrected chi connectivity index (χ3v) is 5.16. The Hall–Kier alpha value is -4.18. The van der Waals surface area contributed by atoms with Gasteiger partial charge in [-0.1, -0.05) is 24.3 Å². The van der Waals surface area contributed by atoms with Gasteiger partial charge in [-0.2, -0.15) is 13.2 Å². The van der Waals surface area contributed by atoms with Crippen molar-refractivity contribution < 1.29 is 32.3 Å². The maximum Gasteiger partial charge on any atom is 0.411 e. The van der Waals surface area contributed by atoms with Gasteiger partial charge < -0.3 is 15.4 Å². The van der Waals surface area contributed by atoms with E-state index in [-0.39, 0.29) is 25.0 Å². The van der Waals surface area contributed by atoms with Gasteiger partial charge in [0.05, 0.1) is 18.0 Å². The number of benzene rings is 3. The predicted molar refractivity (Wildman–Crippen MR) is 123 cm³/mol. The van der Waals surface area contributed by atoms with E-state index in [9.17, 15) is 27.6 Å². The van der Waals surface area contributed by atoms with E-state index in [1.807, 2.05) is 0 Å². The van der Waals surface area contributed by atoms with Gasteiger partial charge >= 0.3 is 6.18 Å². The highest BCUT2D eigenvalue weighted by molar-refractivity contribution is 6.15. The van der Waals surface area contributed by atoms with Gasteiger partial charge in [0.2, 0.25) is 5.91 Å². The highest BCUT2D eigenvalue weighted by atomic mass is 19.4. The van der Waals surface area contributed by atoms with Crippen LogP contribution in [-0.4, -0.2) is 37.0 Å². The van der Waals surface area contributed by atoms with Gasteiger partial charge in [0.15, 0.2) is 0 Å². The first-order chi connectivity index (χ1) is 16.7. The summed E-state index contributed by atoms with van der Waals surface area (Å²) in [6.45, 7) is -1.67. The number of ether oxygens (including phenoxy) is 1. The zero-order valence-corrected chi connectivity index (χ0v) is 18.3. The molecule has 7 nitrogen and oxygen atoms in total. The molecule has 2 N–H and O–H groups in total. The van der Waals surface area contributed by atoms with Crippen molar-refractivity contribution in [1.29, 1.82) is 0 Å². The zero-order chi connectivity index (χ0) is 25.0. The van der Waals surface area contributed by atoms with Crippen LogP contribution in [0, 0.1) is 0 Å². The minimum Gasteiger partial charge on any atom is -0.367 e. The monoisotopic (exact) mass is 483 g/mol. The summed E-state index contributed by atoms with van der Waals surface area (Å²) in [6.07, 6.45) is -4.40. The maximum absolute atomic E-state index is 13.0. The van der Waals surface area contributed by atoms with Crippen molar-refractivity contribution in [1.82, 2.24) is 0 Å².